The Morgan fingerprint density at radius 1 is 1.00 bits per heavy atom. The molecule has 1 aliphatic heterocycles. The van der Waals surface area contributed by atoms with Crippen LogP contribution in [0.3, 0.4) is 0 Å². The highest BCUT2D eigenvalue weighted by atomic mass is 35.5. The number of nitrogens with zero attached hydrogens (tertiary/aromatic N) is 3. The van der Waals surface area contributed by atoms with Crippen LogP contribution in [0.2, 0.25) is 10.0 Å². The van der Waals surface area contributed by atoms with Gasteiger partial charge in [0.15, 0.2) is 5.65 Å². The van der Waals surface area contributed by atoms with E-state index in [0.29, 0.717) is 51.1 Å². The first-order valence-corrected chi connectivity index (χ1v) is 11.6. The van der Waals surface area contributed by atoms with E-state index < -0.39 is 0 Å². The second-order valence-corrected chi connectivity index (χ2v) is 8.80. The Labute approximate surface area is 206 Å². The van der Waals surface area contributed by atoms with Crippen LogP contribution in [0.25, 0.3) is 34.4 Å². The minimum absolute atomic E-state index is 0.0699. The van der Waals surface area contributed by atoms with E-state index in [1.165, 1.54) is 0 Å². The van der Waals surface area contributed by atoms with Gasteiger partial charge in [-0.25, -0.2) is 4.98 Å². The third kappa shape index (κ3) is 4.50. The Hall–Kier alpha value is -3.39. The number of halogens is 2. The molecule has 9 heteroatoms. The molecule has 0 saturated carbocycles. The average molecular weight is 494 g/mol. The van der Waals surface area contributed by atoms with Crippen molar-refractivity contribution in [2.24, 2.45) is 0 Å². The second kappa shape index (κ2) is 9.46. The van der Waals surface area contributed by atoms with Crippen molar-refractivity contribution >= 4 is 52.3 Å². The van der Waals surface area contributed by atoms with Gasteiger partial charge in [0.25, 0.3) is 5.91 Å². The summed E-state index contributed by atoms with van der Waals surface area (Å²) in [5.74, 6) is 0.0951. The zero-order valence-electron chi connectivity index (χ0n) is 18.1. The molecule has 1 amide bonds. The number of carbonyl (C=O) groups excluding carboxylic acids is 1. The molecule has 7 nitrogen and oxygen atoms in total. The third-order valence-corrected chi connectivity index (χ3v) is 6.47. The van der Waals surface area contributed by atoms with E-state index in [-0.39, 0.29) is 11.7 Å². The Morgan fingerprint density at radius 2 is 1.76 bits per heavy atom. The first kappa shape index (κ1) is 22.4. The summed E-state index contributed by atoms with van der Waals surface area (Å²) in [5, 5.41) is 21.9. The first-order valence-electron chi connectivity index (χ1n) is 10.8. The zero-order chi connectivity index (χ0) is 23.7. The summed E-state index contributed by atoms with van der Waals surface area (Å²) in [4.78, 5) is 20.1. The first-order chi connectivity index (χ1) is 16.5. The van der Waals surface area contributed by atoms with Crippen LogP contribution >= 0.6 is 23.2 Å². The van der Waals surface area contributed by atoms with Crippen molar-refractivity contribution < 1.29 is 9.90 Å². The predicted octanol–water partition coefficient (Wildman–Crippen LogP) is 4.85. The topological polar surface area (TPSA) is 94.1 Å². The standard InChI is InChI=1S/C25H21Cl2N5O2/c26-19-7-1-15(13-20(19)27)2-8-21-23-18(25(34)32-11-9-28-10-12-32)14-22(29-24(23)31-30-21)16-3-5-17(33)6-4-16/h1-8,13-14,28,33H,9-12H2,(H,29,30,31). The van der Waals surface area contributed by atoms with Crippen LogP contribution in [0, 0.1) is 0 Å². The summed E-state index contributed by atoms with van der Waals surface area (Å²) >= 11 is 12.2. The molecule has 0 spiro atoms. The number of fused-ring (bicyclic) bond motifs is 1. The number of nitrogens with one attached hydrogen (secondary N) is 2. The number of rotatable bonds is 4. The number of H-pyrrole nitrogens is 1. The Balaban J connectivity index is 1.61. The number of benzene rings is 2. The van der Waals surface area contributed by atoms with Crippen molar-refractivity contribution in [3.8, 4) is 17.0 Å². The summed E-state index contributed by atoms with van der Waals surface area (Å²) < 4.78 is 0. The lowest BCUT2D eigenvalue weighted by Crippen LogP contribution is -2.46. The molecule has 1 fully saturated rings. The number of piperazine rings is 1. The molecule has 172 valence electrons. The van der Waals surface area contributed by atoms with E-state index in [4.69, 9.17) is 28.2 Å². The van der Waals surface area contributed by atoms with E-state index in [0.717, 1.165) is 24.2 Å². The van der Waals surface area contributed by atoms with Gasteiger partial charge in [-0.3, -0.25) is 9.89 Å². The van der Waals surface area contributed by atoms with E-state index in [2.05, 4.69) is 15.5 Å². The van der Waals surface area contributed by atoms with Crippen LogP contribution in [-0.4, -0.2) is 57.3 Å². The fourth-order valence-corrected chi connectivity index (χ4v) is 4.26. The Morgan fingerprint density at radius 3 is 2.50 bits per heavy atom. The molecule has 2 aromatic heterocycles. The average Bonchev–Trinajstić information content (AvgIpc) is 3.28. The predicted molar refractivity (Wildman–Crippen MR) is 135 cm³/mol. The second-order valence-electron chi connectivity index (χ2n) is 7.98. The van der Waals surface area contributed by atoms with Gasteiger partial charge in [0.2, 0.25) is 0 Å². The zero-order valence-corrected chi connectivity index (χ0v) is 19.6. The van der Waals surface area contributed by atoms with Gasteiger partial charge in [-0.1, -0.05) is 35.3 Å². The number of hydrogen-bond donors (Lipinski definition) is 3. The van der Waals surface area contributed by atoms with Gasteiger partial charge in [-0.2, -0.15) is 5.10 Å². The number of hydrogen-bond acceptors (Lipinski definition) is 5. The van der Waals surface area contributed by atoms with Gasteiger partial charge in [0, 0.05) is 31.7 Å². The highest BCUT2D eigenvalue weighted by Crippen LogP contribution is 2.29. The minimum atomic E-state index is -0.0699. The maximum Gasteiger partial charge on any atom is 0.254 e. The SMILES string of the molecule is O=C(c1cc(-c2ccc(O)cc2)nc2[nH]nc(C=Cc3ccc(Cl)c(Cl)c3)c12)N1CCNCC1. The normalized spacial score (nSPS) is 14.2. The van der Waals surface area contributed by atoms with Crippen LogP contribution < -0.4 is 5.32 Å². The summed E-state index contributed by atoms with van der Waals surface area (Å²) in [6.45, 7) is 2.76. The molecule has 0 unspecified atom stereocenters. The lowest BCUT2D eigenvalue weighted by Gasteiger charge is -2.27. The maximum absolute atomic E-state index is 13.6. The van der Waals surface area contributed by atoms with Crippen LogP contribution in [0.4, 0.5) is 0 Å². The van der Waals surface area contributed by atoms with Gasteiger partial charge in [-0.05, 0) is 54.1 Å². The van der Waals surface area contributed by atoms with Crippen molar-refractivity contribution in [1.82, 2.24) is 25.4 Å². The molecule has 0 bridgehead atoms. The van der Waals surface area contributed by atoms with Crippen molar-refractivity contribution in [3.05, 3.63) is 75.4 Å². The smallest absolute Gasteiger partial charge is 0.254 e. The highest BCUT2D eigenvalue weighted by Gasteiger charge is 2.24. The lowest BCUT2D eigenvalue weighted by atomic mass is 10.0. The summed E-state index contributed by atoms with van der Waals surface area (Å²) in [6, 6.07) is 13.9. The molecule has 2 aromatic carbocycles. The number of phenolic OH excluding ortho intramolecular Hbond substituents is 1. The number of aromatic hydroxyl groups is 1. The van der Waals surface area contributed by atoms with Crippen molar-refractivity contribution in [1.29, 1.82) is 0 Å². The van der Waals surface area contributed by atoms with Gasteiger partial charge in [0.1, 0.15) is 5.75 Å². The van der Waals surface area contributed by atoms with Crippen LogP contribution in [0.5, 0.6) is 5.75 Å². The molecule has 0 atom stereocenters. The molecule has 4 aromatic rings. The maximum atomic E-state index is 13.6. The number of aromatic amines is 1. The quantitative estimate of drug-likeness (QED) is 0.377. The number of pyridine rings is 1. The molecule has 0 aliphatic carbocycles. The molecular weight excluding hydrogens is 473 g/mol. The van der Waals surface area contributed by atoms with Crippen molar-refractivity contribution in [2.45, 2.75) is 0 Å². The van der Waals surface area contributed by atoms with Crippen molar-refractivity contribution in [3.63, 3.8) is 0 Å². The van der Waals surface area contributed by atoms with E-state index in [1.54, 1.807) is 42.5 Å². The molecule has 1 saturated heterocycles. The number of aromatic nitrogens is 3. The molecule has 34 heavy (non-hydrogen) atoms. The number of amides is 1. The van der Waals surface area contributed by atoms with E-state index in [9.17, 15) is 9.90 Å². The minimum Gasteiger partial charge on any atom is -0.508 e. The van der Waals surface area contributed by atoms with Crippen LogP contribution in [0.1, 0.15) is 21.6 Å². The number of carbonyl (C=O) groups is 1. The van der Waals surface area contributed by atoms with Crippen LogP contribution in [0.15, 0.2) is 48.5 Å². The van der Waals surface area contributed by atoms with Gasteiger partial charge in [-0.15, -0.1) is 0 Å². The number of phenols is 1. The monoisotopic (exact) mass is 493 g/mol. The van der Waals surface area contributed by atoms with Crippen molar-refractivity contribution in [2.75, 3.05) is 26.2 Å². The highest BCUT2D eigenvalue weighted by molar-refractivity contribution is 6.42. The summed E-state index contributed by atoms with van der Waals surface area (Å²) in [7, 11) is 0. The van der Waals surface area contributed by atoms with E-state index in [1.807, 2.05) is 23.1 Å². The summed E-state index contributed by atoms with van der Waals surface area (Å²) in [5.41, 5.74) is 3.90. The molecule has 5 rings (SSSR count). The summed E-state index contributed by atoms with van der Waals surface area (Å²) in [6.07, 6.45) is 3.69. The molecule has 3 N–H and O–H groups in total. The molecule has 3 heterocycles. The Kier molecular flexibility index (Phi) is 6.24. The molecular formula is C25H21Cl2N5O2. The largest absolute Gasteiger partial charge is 0.508 e. The molecule has 0 radical (unpaired) electrons. The third-order valence-electron chi connectivity index (χ3n) is 5.73. The molecule has 1 aliphatic rings. The van der Waals surface area contributed by atoms with Gasteiger partial charge < -0.3 is 15.3 Å². The van der Waals surface area contributed by atoms with Gasteiger partial charge >= 0.3 is 0 Å². The fourth-order valence-electron chi connectivity index (χ4n) is 3.95. The van der Waals surface area contributed by atoms with E-state index >= 15 is 0 Å². The van der Waals surface area contributed by atoms with Gasteiger partial charge in [0.05, 0.1) is 32.4 Å². The van der Waals surface area contributed by atoms with Crippen LogP contribution in [-0.2, 0) is 0 Å². The fraction of sp³-hybridized carbons (Fsp3) is 0.160. The lowest BCUT2D eigenvalue weighted by molar-refractivity contribution is 0.0737. The Bertz CT molecular complexity index is 1390.